The normalized spacial score (nSPS) is 10.1. The minimum atomic E-state index is -0.589. The molecule has 0 aliphatic carbocycles. The number of carbonyl (C=O) groups is 2. The fourth-order valence-electron chi connectivity index (χ4n) is 1.14. The van der Waals surface area contributed by atoms with Gasteiger partial charge in [0.05, 0.1) is 6.20 Å². The van der Waals surface area contributed by atoms with E-state index in [1.165, 1.54) is 18.5 Å². The minimum Gasteiger partial charge on any atom is -0.365 e. The van der Waals surface area contributed by atoms with E-state index in [1.54, 1.807) is 6.07 Å². The Balaban J connectivity index is 2.13. The first kappa shape index (κ1) is 12.5. The van der Waals surface area contributed by atoms with Gasteiger partial charge in [0.15, 0.2) is 5.13 Å². The second kappa shape index (κ2) is 5.11. The molecule has 2 aromatic rings. The number of hydrogen-bond acceptors (Lipinski definition) is 5. The zero-order valence-corrected chi connectivity index (χ0v) is 10.5. The van der Waals surface area contributed by atoms with Crippen molar-refractivity contribution in [2.75, 3.05) is 5.32 Å². The van der Waals surface area contributed by atoms with E-state index in [0.717, 1.165) is 11.3 Å². The molecule has 0 aliphatic rings. The third-order valence-corrected chi connectivity index (χ3v) is 3.09. The van der Waals surface area contributed by atoms with E-state index in [0.29, 0.717) is 5.02 Å². The van der Waals surface area contributed by atoms with Crippen molar-refractivity contribution in [3.8, 4) is 0 Å². The summed E-state index contributed by atoms with van der Waals surface area (Å²) in [7, 11) is 0. The first-order chi connectivity index (χ1) is 8.56. The largest absolute Gasteiger partial charge is 0.365 e. The molecule has 0 spiro atoms. The SMILES string of the molecule is NC(=O)c1cnc(NC(=O)c2cc(Cl)ccn2)s1. The van der Waals surface area contributed by atoms with Gasteiger partial charge in [0.2, 0.25) is 0 Å². The maximum absolute atomic E-state index is 11.8. The highest BCUT2D eigenvalue weighted by molar-refractivity contribution is 7.17. The number of amides is 2. The van der Waals surface area contributed by atoms with E-state index in [4.69, 9.17) is 17.3 Å². The summed E-state index contributed by atoms with van der Waals surface area (Å²) in [6.45, 7) is 0. The number of thiazole rings is 1. The highest BCUT2D eigenvalue weighted by Crippen LogP contribution is 2.18. The van der Waals surface area contributed by atoms with E-state index in [1.807, 2.05) is 0 Å². The third kappa shape index (κ3) is 2.82. The Kier molecular flexibility index (Phi) is 3.54. The molecule has 8 heteroatoms. The van der Waals surface area contributed by atoms with E-state index in [9.17, 15) is 9.59 Å². The molecule has 18 heavy (non-hydrogen) atoms. The second-order valence-corrected chi connectivity index (χ2v) is 4.67. The van der Waals surface area contributed by atoms with Crippen LogP contribution in [0.4, 0.5) is 5.13 Å². The second-order valence-electron chi connectivity index (χ2n) is 3.21. The van der Waals surface area contributed by atoms with Gasteiger partial charge in [0, 0.05) is 11.2 Å². The van der Waals surface area contributed by atoms with Crippen molar-refractivity contribution in [1.29, 1.82) is 0 Å². The van der Waals surface area contributed by atoms with Gasteiger partial charge in [0.1, 0.15) is 10.6 Å². The molecule has 2 heterocycles. The monoisotopic (exact) mass is 282 g/mol. The summed E-state index contributed by atoms with van der Waals surface area (Å²) >= 11 is 6.73. The highest BCUT2D eigenvalue weighted by atomic mass is 35.5. The molecule has 0 unspecified atom stereocenters. The zero-order valence-electron chi connectivity index (χ0n) is 8.88. The van der Waals surface area contributed by atoms with E-state index >= 15 is 0 Å². The molecule has 0 saturated carbocycles. The lowest BCUT2D eigenvalue weighted by atomic mass is 10.3. The van der Waals surface area contributed by atoms with Crippen LogP contribution in [-0.4, -0.2) is 21.8 Å². The molecule has 3 N–H and O–H groups in total. The van der Waals surface area contributed by atoms with Crippen molar-refractivity contribution in [2.45, 2.75) is 0 Å². The Morgan fingerprint density at radius 1 is 1.39 bits per heavy atom. The summed E-state index contributed by atoms with van der Waals surface area (Å²) < 4.78 is 0. The fraction of sp³-hybridized carbons (Fsp3) is 0. The predicted octanol–water partition coefficient (Wildman–Crippen LogP) is 1.54. The van der Waals surface area contributed by atoms with Crippen LogP contribution >= 0.6 is 22.9 Å². The Morgan fingerprint density at radius 3 is 2.78 bits per heavy atom. The maximum Gasteiger partial charge on any atom is 0.276 e. The smallest absolute Gasteiger partial charge is 0.276 e. The Bertz CT molecular complexity index is 613. The van der Waals surface area contributed by atoms with Gasteiger partial charge in [-0.1, -0.05) is 22.9 Å². The number of hydrogen-bond donors (Lipinski definition) is 2. The average molecular weight is 283 g/mol. The summed E-state index contributed by atoms with van der Waals surface area (Å²) in [5.74, 6) is -1.04. The van der Waals surface area contributed by atoms with E-state index in [2.05, 4.69) is 15.3 Å². The molecule has 2 aromatic heterocycles. The van der Waals surface area contributed by atoms with Crippen LogP contribution in [-0.2, 0) is 0 Å². The molecule has 0 aliphatic heterocycles. The third-order valence-electron chi connectivity index (χ3n) is 1.92. The molecule has 6 nitrogen and oxygen atoms in total. The van der Waals surface area contributed by atoms with Crippen molar-refractivity contribution in [2.24, 2.45) is 5.73 Å². The molecule has 0 atom stereocenters. The number of nitrogens with one attached hydrogen (secondary N) is 1. The lowest BCUT2D eigenvalue weighted by Crippen LogP contribution is -2.13. The number of nitrogens with zero attached hydrogens (tertiary/aromatic N) is 2. The van der Waals surface area contributed by atoms with Crippen LogP contribution in [0.5, 0.6) is 0 Å². The van der Waals surface area contributed by atoms with Crippen LogP contribution < -0.4 is 11.1 Å². The Hall–Kier alpha value is -1.99. The number of aromatic nitrogens is 2. The molecular formula is C10H7ClN4O2S. The van der Waals surface area contributed by atoms with Crippen LogP contribution in [0, 0.1) is 0 Å². The summed E-state index contributed by atoms with van der Waals surface area (Å²) in [5, 5.41) is 3.18. The van der Waals surface area contributed by atoms with Gasteiger partial charge in [-0.2, -0.15) is 0 Å². The first-order valence-electron chi connectivity index (χ1n) is 4.75. The van der Waals surface area contributed by atoms with E-state index in [-0.39, 0.29) is 15.7 Å². The van der Waals surface area contributed by atoms with Gasteiger partial charge in [-0.25, -0.2) is 4.98 Å². The summed E-state index contributed by atoms with van der Waals surface area (Å²) in [6, 6.07) is 2.99. The Labute approximate surface area is 111 Å². The standard InChI is InChI=1S/C10H7ClN4O2S/c11-5-1-2-13-6(3-5)9(17)15-10-14-4-7(18-10)8(12)16/h1-4H,(H2,12,16)(H,14,15,17). The van der Waals surface area contributed by atoms with Gasteiger partial charge < -0.3 is 5.73 Å². The van der Waals surface area contributed by atoms with Crippen molar-refractivity contribution < 1.29 is 9.59 Å². The number of anilines is 1. The van der Waals surface area contributed by atoms with Gasteiger partial charge in [0.25, 0.3) is 11.8 Å². The zero-order chi connectivity index (χ0) is 13.1. The number of carbonyl (C=O) groups excluding carboxylic acids is 2. The summed E-state index contributed by atoms with van der Waals surface area (Å²) in [4.78, 5) is 30.6. The molecule has 0 radical (unpaired) electrons. The summed E-state index contributed by atoms with van der Waals surface area (Å²) in [5.41, 5.74) is 5.24. The fourth-order valence-corrected chi connectivity index (χ4v) is 1.96. The molecule has 0 aromatic carbocycles. The molecule has 2 rings (SSSR count). The lowest BCUT2D eigenvalue weighted by Gasteiger charge is -2.00. The number of rotatable bonds is 3. The van der Waals surface area contributed by atoms with Crippen molar-refractivity contribution in [1.82, 2.24) is 9.97 Å². The van der Waals surface area contributed by atoms with Crippen molar-refractivity contribution in [3.63, 3.8) is 0 Å². The first-order valence-corrected chi connectivity index (χ1v) is 5.94. The molecule has 0 fully saturated rings. The predicted molar refractivity (Wildman–Crippen MR) is 67.8 cm³/mol. The van der Waals surface area contributed by atoms with E-state index < -0.39 is 11.8 Å². The highest BCUT2D eigenvalue weighted by Gasteiger charge is 2.12. The van der Waals surface area contributed by atoms with Crippen LogP contribution in [0.1, 0.15) is 20.2 Å². The van der Waals surface area contributed by atoms with Crippen LogP contribution in [0.3, 0.4) is 0 Å². The molecule has 92 valence electrons. The van der Waals surface area contributed by atoms with Crippen LogP contribution in [0.25, 0.3) is 0 Å². The van der Waals surface area contributed by atoms with Gasteiger partial charge >= 0.3 is 0 Å². The number of primary amides is 1. The topological polar surface area (TPSA) is 98.0 Å². The molecule has 2 amide bonds. The average Bonchev–Trinajstić information content (AvgIpc) is 2.77. The number of halogens is 1. The Morgan fingerprint density at radius 2 is 2.17 bits per heavy atom. The van der Waals surface area contributed by atoms with Crippen LogP contribution in [0.15, 0.2) is 24.5 Å². The van der Waals surface area contributed by atoms with Crippen molar-refractivity contribution in [3.05, 3.63) is 40.1 Å². The van der Waals surface area contributed by atoms with Gasteiger partial charge in [-0.05, 0) is 12.1 Å². The van der Waals surface area contributed by atoms with Gasteiger partial charge in [-0.3, -0.25) is 19.9 Å². The minimum absolute atomic E-state index is 0.165. The quantitative estimate of drug-likeness (QED) is 0.892. The molecule has 0 bridgehead atoms. The van der Waals surface area contributed by atoms with Crippen molar-refractivity contribution >= 4 is 39.9 Å². The van der Waals surface area contributed by atoms with Gasteiger partial charge in [-0.15, -0.1) is 0 Å². The number of nitrogens with two attached hydrogens (primary N) is 1. The summed E-state index contributed by atoms with van der Waals surface area (Å²) in [6.07, 6.45) is 2.72. The number of pyridine rings is 1. The van der Waals surface area contributed by atoms with Crippen LogP contribution in [0.2, 0.25) is 5.02 Å². The molecule has 0 saturated heterocycles. The maximum atomic E-state index is 11.8. The lowest BCUT2D eigenvalue weighted by molar-refractivity contribution is 0.1000. The molecular weight excluding hydrogens is 276 g/mol.